The van der Waals surface area contributed by atoms with Crippen LogP contribution in [0, 0.1) is 11.8 Å². The predicted octanol–water partition coefficient (Wildman–Crippen LogP) is 1.91. The number of aliphatic hydroxyl groups is 1. The predicted molar refractivity (Wildman–Crippen MR) is 86.7 cm³/mol. The summed E-state index contributed by atoms with van der Waals surface area (Å²) in [6, 6.07) is 5.10. The van der Waals surface area contributed by atoms with Gasteiger partial charge in [-0.3, -0.25) is 14.5 Å². The third-order valence-corrected chi connectivity index (χ3v) is 5.08. The monoisotopic (exact) mass is 333 g/mol. The Hall–Kier alpha value is -2.08. The molecular formula is C18H23NO5. The van der Waals surface area contributed by atoms with E-state index in [1.807, 2.05) is 0 Å². The van der Waals surface area contributed by atoms with E-state index in [4.69, 9.17) is 9.47 Å². The van der Waals surface area contributed by atoms with E-state index in [0.29, 0.717) is 17.1 Å². The number of carbonyl (C=O) groups is 2. The van der Waals surface area contributed by atoms with Crippen molar-refractivity contribution in [2.75, 3.05) is 20.8 Å². The zero-order valence-corrected chi connectivity index (χ0v) is 14.0. The van der Waals surface area contributed by atoms with Gasteiger partial charge in [0.25, 0.3) is 0 Å². The molecule has 0 aromatic heterocycles. The highest BCUT2D eigenvalue weighted by atomic mass is 16.5. The van der Waals surface area contributed by atoms with Gasteiger partial charge in [0.15, 0.2) is 0 Å². The van der Waals surface area contributed by atoms with Gasteiger partial charge in [-0.05, 0) is 31.0 Å². The minimum absolute atomic E-state index is 0.0474. The summed E-state index contributed by atoms with van der Waals surface area (Å²) in [4.78, 5) is 26.3. The summed E-state index contributed by atoms with van der Waals surface area (Å²) in [6.07, 6.45) is 2.50. The third kappa shape index (κ3) is 2.86. The van der Waals surface area contributed by atoms with Crippen LogP contribution in [0.4, 0.5) is 0 Å². The fourth-order valence-corrected chi connectivity index (χ4v) is 3.78. The van der Waals surface area contributed by atoms with Crippen molar-refractivity contribution in [1.82, 2.24) is 4.90 Å². The number of nitrogens with zero attached hydrogens (tertiary/aromatic N) is 1. The summed E-state index contributed by atoms with van der Waals surface area (Å²) in [6.45, 7) is -0.0474. The van der Waals surface area contributed by atoms with Gasteiger partial charge in [-0.2, -0.15) is 0 Å². The topological polar surface area (TPSA) is 76.1 Å². The first kappa shape index (κ1) is 16.8. The normalized spacial score (nSPS) is 24.7. The number of imide groups is 1. The Labute approximate surface area is 141 Å². The van der Waals surface area contributed by atoms with Crippen molar-refractivity contribution < 1.29 is 24.2 Å². The number of rotatable bonds is 5. The Kier molecular flexibility index (Phi) is 4.76. The summed E-state index contributed by atoms with van der Waals surface area (Å²) in [7, 11) is 3.05. The number of amides is 2. The Morgan fingerprint density at radius 1 is 1.12 bits per heavy atom. The fraction of sp³-hybridized carbons (Fsp3) is 0.556. The van der Waals surface area contributed by atoms with Gasteiger partial charge in [-0.1, -0.05) is 12.8 Å². The number of aliphatic hydroxyl groups excluding tert-OH is 1. The zero-order valence-electron chi connectivity index (χ0n) is 14.0. The highest BCUT2D eigenvalue weighted by molar-refractivity contribution is 6.05. The lowest BCUT2D eigenvalue weighted by Gasteiger charge is -2.21. The molecule has 1 aromatic rings. The summed E-state index contributed by atoms with van der Waals surface area (Å²) in [5.74, 6) is 0.380. The largest absolute Gasteiger partial charge is 0.497 e. The number of carbonyl (C=O) groups excluding carboxylic acids is 2. The van der Waals surface area contributed by atoms with Gasteiger partial charge in [0, 0.05) is 5.56 Å². The lowest BCUT2D eigenvalue weighted by atomic mass is 9.81. The lowest BCUT2D eigenvalue weighted by Crippen LogP contribution is -2.35. The molecule has 6 nitrogen and oxygen atoms in total. The molecular weight excluding hydrogens is 310 g/mol. The standard InChI is InChI=1S/C18H23NO5/c1-23-11-7-8-16(24-2)14(9-11)15(20)10-19-17(21)12-5-3-4-6-13(12)18(19)22/h7-9,12-13,15,20H,3-6,10H2,1-2H3. The number of ether oxygens (including phenoxy) is 2. The van der Waals surface area contributed by atoms with Crippen LogP contribution in [0.3, 0.4) is 0 Å². The third-order valence-electron chi connectivity index (χ3n) is 5.08. The number of likely N-dealkylation sites (tertiary alicyclic amines) is 1. The zero-order chi connectivity index (χ0) is 17.3. The SMILES string of the molecule is COc1ccc(OC)c(C(O)CN2C(=O)C3CCCCC3C2=O)c1. The average Bonchev–Trinajstić information content (AvgIpc) is 2.86. The van der Waals surface area contributed by atoms with Crippen LogP contribution >= 0.6 is 0 Å². The summed E-state index contributed by atoms with van der Waals surface area (Å²) in [5.41, 5.74) is 0.507. The van der Waals surface area contributed by atoms with E-state index in [1.54, 1.807) is 18.2 Å². The maximum atomic E-state index is 12.5. The first-order valence-electron chi connectivity index (χ1n) is 8.32. The molecule has 1 aliphatic carbocycles. The maximum absolute atomic E-state index is 12.5. The smallest absolute Gasteiger partial charge is 0.233 e. The Balaban J connectivity index is 1.81. The number of hydrogen-bond donors (Lipinski definition) is 1. The van der Waals surface area contributed by atoms with E-state index in [0.717, 1.165) is 25.7 Å². The first-order chi connectivity index (χ1) is 11.6. The molecule has 1 aromatic carbocycles. The minimum Gasteiger partial charge on any atom is -0.497 e. The van der Waals surface area contributed by atoms with Crippen molar-refractivity contribution in [1.29, 1.82) is 0 Å². The van der Waals surface area contributed by atoms with E-state index in [1.165, 1.54) is 19.1 Å². The molecule has 1 N–H and O–H groups in total. The van der Waals surface area contributed by atoms with Gasteiger partial charge in [-0.25, -0.2) is 0 Å². The molecule has 24 heavy (non-hydrogen) atoms. The van der Waals surface area contributed by atoms with Crippen molar-refractivity contribution in [2.24, 2.45) is 11.8 Å². The van der Waals surface area contributed by atoms with Crippen LogP contribution in [-0.2, 0) is 9.59 Å². The van der Waals surface area contributed by atoms with Gasteiger partial charge < -0.3 is 14.6 Å². The van der Waals surface area contributed by atoms with E-state index in [-0.39, 0.29) is 30.2 Å². The van der Waals surface area contributed by atoms with Crippen LogP contribution in [0.2, 0.25) is 0 Å². The summed E-state index contributed by atoms with van der Waals surface area (Å²) in [5, 5.41) is 10.6. The Morgan fingerprint density at radius 2 is 1.75 bits per heavy atom. The van der Waals surface area contributed by atoms with Crippen LogP contribution in [0.1, 0.15) is 37.4 Å². The lowest BCUT2D eigenvalue weighted by molar-refractivity contribution is -0.141. The Morgan fingerprint density at radius 3 is 2.29 bits per heavy atom. The number of methoxy groups -OCH3 is 2. The van der Waals surface area contributed by atoms with E-state index in [2.05, 4.69) is 0 Å². The van der Waals surface area contributed by atoms with Crippen LogP contribution < -0.4 is 9.47 Å². The van der Waals surface area contributed by atoms with E-state index in [9.17, 15) is 14.7 Å². The Bertz CT molecular complexity index is 620. The van der Waals surface area contributed by atoms with E-state index >= 15 is 0 Å². The molecule has 2 aliphatic rings. The second-order valence-electron chi connectivity index (χ2n) is 6.41. The number of benzene rings is 1. The van der Waals surface area contributed by atoms with Gasteiger partial charge in [0.2, 0.25) is 11.8 Å². The van der Waals surface area contributed by atoms with Crippen molar-refractivity contribution >= 4 is 11.8 Å². The van der Waals surface area contributed by atoms with Gasteiger partial charge in [-0.15, -0.1) is 0 Å². The maximum Gasteiger partial charge on any atom is 0.233 e. The minimum atomic E-state index is -1.01. The molecule has 1 saturated carbocycles. The molecule has 2 fully saturated rings. The van der Waals surface area contributed by atoms with Crippen LogP contribution in [0.15, 0.2) is 18.2 Å². The highest BCUT2D eigenvalue weighted by Crippen LogP contribution is 2.39. The quantitative estimate of drug-likeness (QED) is 0.833. The van der Waals surface area contributed by atoms with E-state index < -0.39 is 6.10 Å². The molecule has 0 radical (unpaired) electrons. The van der Waals surface area contributed by atoms with Crippen molar-refractivity contribution in [3.63, 3.8) is 0 Å². The van der Waals surface area contributed by atoms with Crippen molar-refractivity contribution in [3.8, 4) is 11.5 Å². The molecule has 3 rings (SSSR count). The van der Waals surface area contributed by atoms with Gasteiger partial charge in [0.1, 0.15) is 17.6 Å². The molecule has 0 spiro atoms. The highest BCUT2D eigenvalue weighted by Gasteiger charge is 2.48. The molecule has 1 saturated heterocycles. The molecule has 2 amide bonds. The number of β-amino-alcohol motifs (C(OH)–C–C–N with tert-alkyl or cyclic N) is 1. The number of fused-ring (bicyclic) bond motifs is 1. The second kappa shape index (κ2) is 6.81. The molecule has 0 bridgehead atoms. The molecule has 1 heterocycles. The van der Waals surface area contributed by atoms with Crippen LogP contribution in [0.25, 0.3) is 0 Å². The molecule has 6 heteroatoms. The van der Waals surface area contributed by atoms with Crippen molar-refractivity contribution in [3.05, 3.63) is 23.8 Å². The number of hydrogen-bond acceptors (Lipinski definition) is 5. The molecule has 130 valence electrons. The summed E-state index contributed by atoms with van der Waals surface area (Å²) < 4.78 is 10.5. The molecule has 3 atom stereocenters. The van der Waals surface area contributed by atoms with Crippen LogP contribution in [0.5, 0.6) is 11.5 Å². The van der Waals surface area contributed by atoms with Gasteiger partial charge >= 0.3 is 0 Å². The average molecular weight is 333 g/mol. The fourth-order valence-electron chi connectivity index (χ4n) is 3.78. The summed E-state index contributed by atoms with van der Waals surface area (Å²) >= 11 is 0. The molecule has 3 unspecified atom stereocenters. The van der Waals surface area contributed by atoms with Crippen molar-refractivity contribution in [2.45, 2.75) is 31.8 Å². The molecule has 1 aliphatic heterocycles. The van der Waals surface area contributed by atoms with Crippen LogP contribution in [-0.4, -0.2) is 42.6 Å². The second-order valence-corrected chi connectivity index (χ2v) is 6.41. The van der Waals surface area contributed by atoms with Gasteiger partial charge in [0.05, 0.1) is 32.6 Å². The first-order valence-corrected chi connectivity index (χ1v) is 8.32.